The van der Waals surface area contributed by atoms with Crippen molar-refractivity contribution in [3.05, 3.63) is 101 Å². The lowest BCUT2D eigenvalue weighted by molar-refractivity contribution is 0.601. The summed E-state index contributed by atoms with van der Waals surface area (Å²) in [5, 5.41) is 0. The molecule has 3 aromatic rings. The first-order chi connectivity index (χ1) is 13.8. The quantitative estimate of drug-likeness (QED) is 0.462. The summed E-state index contributed by atoms with van der Waals surface area (Å²) in [5.41, 5.74) is 8.17. The first-order valence-electron chi connectivity index (χ1n) is 10.6. The van der Waals surface area contributed by atoms with Crippen LogP contribution >= 0.6 is 0 Å². The van der Waals surface area contributed by atoms with E-state index in [2.05, 4.69) is 96.8 Å². The fourth-order valence-corrected chi connectivity index (χ4v) is 5.22. The van der Waals surface area contributed by atoms with E-state index < -0.39 is 0 Å². The van der Waals surface area contributed by atoms with Gasteiger partial charge in [0, 0.05) is 24.2 Å². The maximum atomic E-state index is 2.63. The van der Waals surface area contributed by atoms with E-state index in [1.165, 1.54) is 47.2 Å². The van der Waals surface area contributed by atoms with E-state index in [0.29, 0.717) is 0 Å². The van der Waals surface area contributed by atoms with Crippen LogP contribution in [0, 0.1) is 0 Å². The average molecular weight is 366 g/mol. The third-order valence-electron chi connectivity index (χ3n) is 6.46. The van der Waals surface area contributed by atoms with Gasteiger partial charge < -0.3 is 4.90 Å². The minimum atomic E-state index is 0.722. The Kier molecular flexibility index (Phi) is 4.52. The molecule has 2 aliphatic rings. The van der Waals surface area contributed by atoms with E-state index in [0.717, 1.165) is 18.5 Å². The van der Waals surface area contributed by atoms with Gasteiger partial charge in [0.15, 0.2) is 0 Å². The molecule has 1 heteroatoms. The molecule has 3 aromatic carbocycles. The Labute approximate surface area is 168 Å². The standard InChI is InChI=1S/C27H27N/c1-2-28-26-15-9-14-23(26)25-19-20(16-17-27(25)28)18-24(21-10-5-3-6-11-21)22-12-7-4-8-13-22/h3-8,10-13,16-19,23,26H,2,9,14-15H2,1H3. The minimum absolute atomic E-state index is 0.722. The second-order valence-electron chi connectivity index (χ2n) is 8.00. The van der Waals surface area contributed by atoms with Gasteiger partial charge in [0.1, 0.15) is 0 Å². The summed E-state index contributed by atoms with van der Waals surface area (Å²) in [6.07, 6.45) is 6.41. The molecule has 5 rings (SSSR count). The van der Waals surface area contributed by atoms with Crippen LogP contribution in [-0.2, 0) is 0 Å². The SMILES string of the molecule is CCN1c2ccc(C=C(c3ccccc3)c3ccccc3)cc2C2CCCC21. The van der Waals surface area contributed by atoms with Gasteiger partial charge in [-0.05, 0) is 65.8 Å². The van der Waals surface area contributed by atoms with Crippen LogP contribution in [0.15, 0.2) is 78.9 Å². The molecule has 1 saturated carbocycles. The number of likely N-dealkylation sites (N-methyl/N-ethyl adjacent to an activating group) is 1. The van der Waals surface area contributed by atoms with Gasteiger partial charge in [-0.1, -0.05) is 73.2 Å². The number of rotatable bonds is 4. The van der Waals surface area contributed by atoms with Crippen molar-refractivity contribution in [3.63, 3.8) is 0 Å². The average Bonchev–Trinajstić information content (AvgIpc) is 3.34. The number of fused-ring (bicyclic) bond motifs is 3. The largest absolute Gasteiger partial charge is 0.368 e. The predicted octanol–water partition coefficient (Wildman–Crippen LogP) is 6.75. The summed E-state index contributed by atoms with van der Waals surface area (Å²) < 4.78 is 0. The summed E-state index contributed by atoms with van der Waals surface area (Å²) in [6, 6.07) is 29.3. The number of benzene rings is 3. The second-order valence-corrected chi connectivity index (χ2v) is 8.00. The Hall–Kier alpha value is -2.80. The lowest BCUT2D eigenvalue weighted by atomic mass is 9.93. The topological polar surface area (TPSA) is 3.24 Å². The maximum Gasteiger partial charge on any atom is 0.0405 e. The van der Waals surface area contributed by atoms with Crippen LogP contribution < -0.4 is 4.90 Å². The Morgan fingerprint density at radius 3 is 2.21 bits per heavy atom. The van der Waals surface area contributed by atoms with Crippen molar-refractivity contribution in [2.75, 3.05) is 11.4 Å². The van der Waals surface area contributed by atoms with Gasteiger partial charge in [-0.25, -0.2) is 0 Å². The van der Waals surface area contributed by atoms with Crippen molar-refractivity contribution in [2.45, 2.75) is 38.1 Å². The molecule has 28 heavy (non-hydrogen) atoms. The van der Waals surface area contributed by atoms with E-state index >= 15 is 0 Å². The van der Waals surface area contributed by atoms with Crippen LogP contribution in [-0.4, -0.2) is 12.6 Å². The molecule has 0 amide bonds. The fourth-order valence-electron chi connectivity index (χ4n) is 5.22. The predicted molar refractivity (Wildman–Crippen MR) is 120 cm³/mol. The normalized spacial score (nSPS) is 20.0. The van der Waals surface area contributed by atoms with Gasteiger partial charge in [-0.15, -0.1) is 0 Å². The third kappa shape index (κ3) is 2.96. The molecule has 0 saturated heterocycles. The van der Waals surface area contributed by atoms with E-state index in [1.807, 2.05) is 0 Å². The highest BCUT2D eigenvalue weighted by molar-refractivity contribution is 5.91. The fraction of sp³-hybridized carbons (Fsp3) is 0.259. The number of hydrogen-bond donors (Lipinski definition) is 0. The molecule has 1 aliphatic heterocycles. The molecule has 2 unspecified atom stereocenters. The molecule has 0 spiro atoms. The molecule has 1 aliphatic carbocycles. The molecular formula is C27H27N. The molecule has 0 radical (unpaired) electrons. The molecule has 1 heterocycles. The van der Waals surface area contributed by atoms with Gasteiger partial charge in [0.05, 0.1) is 0 Å². The molecular weight excluding hydrogens is 338 g/mol. The molecule has 140 valence electrons. The van der Waals surface area contributed by atoms with Crippen molar-refractivity contribution in [3.8, 4) is 0 Å². The zero-order valence-corrected chi connectivity index (χ0v) is 16.5. The Morgan fingerprint density at radius 2 is 1.57 bits per heavy atom. The van der Waals surface area contributed by atoms with Crippen LogP contribution in [0.1, 0.15) is 54.4 Å². The monoisotopic (exact) mass is 365 g/mol. The van der Waals surface area contributed by atoms with E-state index in [-0.39, 0.29) is 0 Å². The van der Waals surface area contributed by atoms with Crippen molar-refractivity contribution in [1.82, 2.24) is 0 Å². The molecule has 0 aromatic heterocycles. The van der Waals surface area contributed by atoms with Gasteiger partial charge in [0.2, 0.25) is 0 Å². The Balaban J connectivity index is 1.60. The van der Waals surface area contributed by atoms with Crippen molar-refractivity contribution < 1.29 is 0 Å². The van der Waals surface area contributed by atoms with E-state index in [1.54, 1.807) is 5.56 Å². The molecule has 2 atom stereocenters. The summed E-state index contributed by atoms with van der Waals surface area (Å²) in [4.78, 5) is 2.63. The zero-order chi connectivity index (χ0) is 18.9. The maximum absolute atomic E-state index is 2.63. The van der Waals surface area contributed by atoms with Crippen molar-refractivity contribution in [1.29, 1.82) is 0 Å². The molecule has 0 N–H and O–H groups in total. The molecule has 1 fully saturated rings. The summed E-state index contributed by atoms with van der Waals surface area (Å²) in [6.45, 7) is 3.41. The van der Waals surface area contributed by atoms with E-state index in [9.17, 15) is 0 Å². The highest BCUT2D eigenvalue weighted by Crippen LogP contribution is 2.49. The summed E-state index contributed by atoms with van der Waals surface area (Å²) >= 11 is 0. The number of nitrogens with zero attached hydrogens (tertiary/aromatic N) is 1. The van der Waals surface area contributed by atoms with Crippen LogP contribution in [0.2, 0.25) is 0 Å². The smallest absolute Gasteiger partial charge is 0.0405 e. The van der Waals surface area contributed by atoms with E-state index in [4.69, 9.17) is 0 Å². The Bertz CT molecular complexity index is 946. The minimum Gasteiger partial charge on any atom is -0.368 e. The first-order valence-corrected chi connectivity index (χ1v) is 10.6. The highest BCUT2D eigenvalue weighted by Gasteiger charge is 2.40. The van der Waals surface area contributed by atoms with Crippen LogP contribution in [0.3, 0.4) is 0 Å². The zero-order valence-electron chi connectivity index (χ0n) is 16.5. The second kappa shape index (κ2) is 7.31. The van der Waals surface area contributed by atoms with Crippen molar-refractivity contribution in [2.24, 2.45) is 0 Å². The van der Waals surface area contributed by atoms with Gasteiger partial charge >= 0.3 is 0 Å². The van der Waals surface area contributed by atoms with Gasteiger partial charge in [-0.2, -0.15) is 0 Å². The van der Waals surface area contributed by atoms with Gasteiger partial charge in [0.25, 0.3) is 0 Å². The first kappa shape index (κ1) is 17.3. The highest BCUT2D eigenvalue weighted by atomic mass is 15.2. The lowest BCUT2D eigenvalue weighted by Gasteiger charge is -2.25. The molecule has 1 nitrogen and oxygen atoms in total. The molecule has 0 bridgehead atoms. The number of hydrogen-bond acceptors (Lipinski definition) is 1. The number of anilines is 1. The summed E-state index contributed by atoms with van der Waals surface area (Å²) in [7, 11) is 0. The van der Waals surface area contributed by atoms with Crippen LogP contribution in [0.5, 0.6) is 0 Å². The van der Waals surface area contributed by atoms with Crippen LogP contribution in [0.25, 0.3) is 11.6 Å². The summed E-state index contributed by atoms with van der Waals surface area (Å²) in [5.74, 6) is 0.722. The van der Waals surface area contributed by atoms with Crippen LogP contribution in [0.4, 0.5) is 5.69 Å². The lowest BCUT2D eigenvalue weighted by Crippen LogP contribution is -2.30. The van der Waals surface area contributed by atoms with Gasteiger partial charge in [-0.3, -0.25) is 0 Å². The Morgan fingerprint density at radius 1 is 0.893 bits per heavy atom. The van der Waals surface area contributed by atoms with Crippen molar-refractivity contribution >= 4 is 17.3 Å². The third-order valence-corrected chi connectivity index (χ3v) is 6.46.